The topological polar surface area (TPSA) is 43.7 Å². The first kappa shape index (κ1) is 16.7. The Bertz CT molecular complexity index is 821. The molecule has 0 bridgehead atoms. The lowest BCUT2D eigenvalue weighted by molar-refractivity contribution is 0.282. The summed E-state index contributed by atoms with van der Waals surface area (Å²) in [4.78, 5) is 8.47. The monoisotopic (exact) mass is 402 g/mol. The molecule has 1 aromatic heterocycles. The molecule has 122 valence electrons. The first-order valence-electron chi connectivity index (χ1n) is 7.24. The lowest BCUT2D eigenvalue weighted by atomic mass is 10.2. The van der Waals surface area contributed by atoms with Crippen molar-refractivity contribution in [3.63, 3.8) is 0 Å². The maximum Gasteiger partial charge on any atom is 0.208 e. The SMILES string of the molecule is COc1cc(/C=N/c2nccs2)cc(Br)c1OCc1ccccc1. The van der Waals surface area contributed by atoms with Gasteiger partial charge in [-0.15, -0.1) is 11.3 Å². The number of hydrogen-bond donors (Lipinski definition) is 0. The van der Waals surface area contributed by atoms with E-state index in [9.17, 15) is 0 Å². The minimum atomic E-state index is 0.475. The number of halogens is 1. The van der Waals surface area contributed by atoms with Crippen LogP contribution in [0.1, 0.15) is 11.1 Å². The average molecular weight is 403 g/mol. The quantitative estimate of drug-likeness (QED) is 0.529. The largest absolute Gasteiger partial charge is 0.493 e. The van der Waals surface area contributed by atoms with Gasteiger partial charge in [0.15, 0.2) is 11.5 Å². The van der Waals surface area contributed by atoms with Crippen LogP contribution in [-0.2, 0) is 6.61 Å². The van der Waals surface area contributed by atoms with E-state index in [1.807, 2.05) is 47.8 Å². The fourth-order valence-corrected chi connectivity index (χ4v) is 3.15. The van der Waals surface area contributed by atoms with Crippen molar-refractivity contribution in [3.05, 3.63) is 69.6 Å². The normalized spacial score (nSPS) is 10.9. The van der Waals surface area contributed by atoms with Gasteiger partial charge in [-0.1, -0.05) is 30.3 Å². The van der Waals surface area contributed by atoms with Crippen LogP contribution in [0.3, 0.4) is 0 Å². The number of methoxy groups -OCH3 is 1. The summed E-state index contributed by atoms with van der Waals surface area (Å²) in [6.07, 6.45) is 3.49. The van der Waals surface area contributed by atoms with Crippen LogP contribution >= 0.6 is 27.3 Å². The van der Waals surface area contributed by atoms with E-state index < -0.39 is 0 Å². The van der Waals surface area contributed by atoms with Gasteiger partial charge in [-0.3, -0.25) is 0 Å². The van der Waals surface area contributed by atoms with Crippen LogP contribution in [0.2, 0.25) is 0 Å². The van der Waals surface area contributed by atoms with Crippen molar-refractivity contribution in [2.75, 3.05) is 7.11 Å². The fraction of sp³-hybridized carbons (Fsp3) is 0.111. The van der Waals surface area contributed by atoms with Crippen LogP contribution in [0.25, 0.3) is 0 Å². The van der Waals surface area contributed by atoms with Gasteiger partial charge in [0.25, 0.3) is 0 Å². The Labute approximate surface area is 152 Å². The lowest BCUT2D eigenvalue weighted by Gasteiger charge is -2.13. The van der Waals surface area contributed by atoms with Crippen LogP contribution in [0.4, 0.5) is 5.13 Å². The standard InChI is InChI=1S/C18H15BrN2O2S/c1-22-16-10-14(11-21-18-20-7-8-24-18)9-15(19)17(16)23-12-13-5-3-2-4-6-13/h2-11H,12H2,1H3/b21-11+. The molecule has 0 radical (unpaired) electrons. The highest BCUT2D eigenvalue weighted by Crippen LogP contribution is 2.37. The summed E-state index contributed by atoms with van der Waals surface area (Å²) in [5, 5.41) is 2.61. The van der Waals surface area contributed by atoms with Crippen molar-refractivity contribution in [3.8, 4) is 11.5 Å². The Morgan fingerprint density at radius 2 is 2.08 bits per heavy atom. The summed E-state index contributed by atoms with van der Waals surface area (Å²) in [5.74, 6) is 1.33. The molecule has 0 aliphatic carbocycles. The van der Waals surface area contributed by atoms with E-state index in [1.54, 1.807) is 19.5 Å². The molecule has 0 saturated heterocycles. The molecule has 1 heterocycles. The van der Waals surface area contributed by atoms with Crippen LogP contribution in [0, 0.1) is 0 Å². The Morgan fingerprint density at radius 3 is 2.79 bits per heavy atom. The Hall–Kier alpha value is -2.18. The summed E-state index contributed by atoms with van der Waals surface area (Å²) in [6, 6.07) is 13.8. The van der Waals surface area contributed by atoms with Gasteiger partial charge in [-0.05, 0) is 39.2 Å². The second-order valence-corrected chi connectivity index (χ2v) is 6.61. The zero-order chi connectivity index (χ0) is 16.8. The van der Waals surface area contributed by atoms with Gasteiger partial charge in [0.2, 0.25) is 5.13 Å². The molecule has 3 rings (SSSR count). The highest BCUT2D eigenvalue weighted by molar-refractivity contribution is 9.10. The molecule has 0 amide bonds. The van der Waals surface area contributed by atoms with Crippen molar-refractivity contribution in [2.24, 2.45) is 4.99 Å². The predicted octanol–water partition coefficient (Wildman–Crippen LogP) is 5.24. The molecule has 2 aromatic carbocycles. The van der Waals surface area contributed by atoms with Crippen LogP contribution in [0.5, 0.6) is 11.5 Å². The van der Waals surface area contributed by atoms with Gasteiger partial charge in [-0.25, -0.2) is 9.98 Å². The zero-order valence-electron chi connectivity index (χ0n) is 13.0. The van der Waals surface area contributed by atoms with E-state index in [2.05, 4.69) is 25.9 Å². The molecule has 4 nitrogen and oxygen atoms in total. The number of aromatic nitrogens is 1. The van der Waals surface area contributed by atoms with Crippen LogP contribution in [0.15, 0.2) is 63.5 Å². The highest BCUT2D eigenvalue weighted by atomic mass is 79.9. The fourth-order valence-electron chi connectivity index (χ4n) is 2.09. The van der Waals surface area contributed by atoms with Gasteiger partial charge in [0.1, 0.15) is 6.61 Å². The smallest absolute Gasteiger partial charge is 0.208 e. The molecule has 0 fully saturated rings. The number of hydrogen-bond acceptors (Lipinski definition) is 5. The summed E-state index contributed by atoms with van der Waals surface area (Å²) in [6.45, 7) is 0.475. The molecule has 0 saturated carbocycles. The molecule has 0 unspecified atom stereocenters. The molecule has 0 spiro atoms. The van der Waals surface area contributed by atoms with Gasteiger partial charge in [0.05, 0.1) is 11.6 Å². The minimum Gasteiger partial charge on any atom is -0.493 e. The summed E-state index contributed by atoms with van der Waals surface area (Å²) >= 11 is 5.04. The third kappa shape index (κ3) is 4.21. The molecule has 24 heavy (non-hydrogen) atoms. The minimum absolute atomic E-state index is 0.475. The van der Waals surface area contributed by atoms with E-state index >= 15 is 0 Å². The summed E-state index contributed by atoms with van der Waals surface area (Å²) in [5.41, 5.74) is 2.00. The molecule has 0 aliphatic rings. The van der Waals surface area contributed by atoms with Gasteiger partial charge < -0.3 is 9.47 Å². The highest BCUT2D eigenvalue weighted by Gasteiger charge is 2.11. The first-order chi connectivity index (χ1) is 11.8. The van der Waals surface area contributed by atoms with Crippen molar-refractivity contribution in [1.29, 1.82) is 0 Å². The van der Waals surface area contributed by atoms with Crippen LogP contribution in [-0.4, -0.2) is 18.3 Å². The number of benzene rings is 2. The second kappa shape index (κ2) is 8.08. The number of nitrogens with zero attached hydrogens (tertiary/aromatic N) is 2. The van der Waals surface area contributed by atoms with E-state index in [-0.39, 0.29) is 0 Å². The lowest BCUT2D eigenvalue weighted by Crippen LogP contribution is -1.99. The van der Waals surface area contributed by atoms with Crippen molar-refractivity contribution >= 4 is 38.6 Å². The van der Waals surface area contributed by atoms with E-state index in [0.717, 1.165) is 20.7 Å². The molecule has 6 heteroatoms. The van der Waals surface area contributed by atoms with E-state index in [1.165, 1.54) is 11.3 Å². The van der Waals surface area contributed by atoms with Crippen molar-refractivity contribution < 1.29 is 9.47 Å². The third-order valence-electron chi connectivity index (χ3n) is 3.22. The number of thiazole rings is 1. The van der Waals surface area contributed by atoms with Crippen molar-refractivity contribution in [1.82, 2.24) is 4.98 Å². The summed E-state index contributed by atoms with van der Waals surface area (Å²) < 4.78 is 12.2. The molecule has 0 atom stereocenters. The average Bonchev–Trinajstić information content (AvgIpc) is 3.13. The van der Waals surface area contributed by atoms with Gasteiger partial charge in [0, 0.05) is 17.8 Å². The molecule has 0 aliphatic heterocycles. The molecular formula is C18H15BrN2O2S. The summed E-state index contributed by atoms with van der Waals surface area (Å²) in [7, 11) is 1.62. The van der Waals surface area contributed by atoms with Crippen LogP contribution < -0.4 is 9.47 Å². The molecule has 3 aromatic rings. The predicted molar refractivity (Wildman–Crippen MR) is 101 cm³/mol. The zero-order valence-corrected chi connectivity index (χ0v) is 15.4. The maximum absolute atomic E-state index is 5.92. The van der Waals surface area contributed by atoms with Crippen molar-refractivity contribution in [2.45, 2.75) is 6.61 Å². The number of aliphatic imine (C=N–C) groups is 1. The Balaban J connectivity index is 1.79. The Kier molecular flexibility index (Phi) is 5.61. The number of rotatable bonds is 6. The van der Waals surface area contributed by atoms with Gasteiger partial charge in [-0.2, -0.15) is 0 Å². The third-order valence-corrected chi connectivity index (χ3v) is 4.49. The molecular weight excluding hydrogens is 388 g/mol. The van der Waals surface area contributed by atoms with E-state index in [0.29, 0.717) is 18.1 Å². The van der Waals surface area contributed by atoms with Gasteiger partial charge >= 0.3 is 0 Å². The van der Waals surface area contributed by atoms with E-state index in [4.69, 9.17) is 9.47 Å². The number of ether oxygens (including phenoxy) is 2. The Morgan fingerprint density at radius 1 is 1.25 bits per heavy atom. The maximum atomic E-state index is 5.92. The first-order valence-corrected chi connectivity index (χ1v) is 8.91. The molecule has 0 N–H and O–H groups in total. The second-order valence-electron chi connectivity index (χ2n) is 4.88.